The van der Waals surface area contributed by atoms with E-state index in [2.05, 4.69) is 9.72 Å². The Balaban J connectivity index is 3.29. The molecule has 9 heteroatoms. The summed E-state index contributed by atoms with van der Waals surface area (Å²) in [5, 5.41) is 0. The van der Waals surface area contributed by atoms with Gasteiger partial charge in [-0.05, 0) is 28.7 Å². The quantitative estimate of drug-likeness (QED) is 0.356. The van der Waals surface area contributed by atoms with Gasteiger partial charge in [0.2, 0.25) is 0 Å². The van der Waals surface area contributed by atoms with E-state index in [0.29, 0.717) is 6.07 Å². The number of hydrogen-bond acceptors (Lipinski definition) is 3. The summed E-state index contributed by atoms with van der Waals surface area (Å²) in [5.41, 5.74) is -1.41. The summed E-state index contributed by atoms with van der Waals surface area (Å²) in [4.78, 5) is 13.7. The van der Waals surface area contributed by atoms with Gasteiger partial charge in [0, 0.05) is 5.56 Å². The second kappa shape index (κ2) is 5.10. The largest absolute Gasteiger partial charge is 0.573 e. The Kier molecular flexibility index (Phi) is 4.22. The van der Waals surface area contributed by atoms with Crippen molar-refractivity contribution in [2.24, 2.45) is 0 Å². The van der Waals surface area contributed by atoms with Crippen molar-refractivity contribution in [1.82, 2.24) is 4.98 Å². The molecule has 1 rings (SSSR count). The zero-order valence-corrected chi connectivity index (χ0v) is 9.92. The third-order valence-corrected chi connectivity index (χ3v) is 2.42. The monoisotopic (exact) mass is 367 g/mol. The van der Waals surface area contributed by atoms with Crippen LogP contribution in [0, 0.1) is 3.70 Å². The first-order valence-electron chi connectivity index (χ1n) is 3.94. The molecule has 0 bridgehead atoms. The third-order valence-electron chi connectivity index (χ3n) is 1.56. The molecule has 0 aliphatic heterocycles. The Morgan fingerprint density at radius 1 is 1.41 bits per heavy atom. The topological polar surface area (TPSA) is 39.2 Å². The van der Waals surface area contributed by atoms with Gasteiger partial charge in [-0.2, -0.15) is 0 Å². The van der Waals surface area contributed by atoms with Crippen molar-refractivity contribution in [2.45, 2.75) is 12.8 Å². The third kappa shape index (κ3) is 3.75. The molecule has 94 valence electrons. The smallest absolute Gasteiger partial charge is 0.404 e. The van der Waals surface area contributed by atoms with Crippen LogP contribution in [0.1, 0.15) is 22.5 Å². The second-order valence-electron chi connectivity index (χ2n) is 2.72. The highest BCUT2D eigenvalue weighted by molar-refractivity contribution is 14.1. The molecule has 0 saturated carbocycles. The number of rotatable bonds is 3. The van der Waals surface area contributed by atoms with Crippen molar-refractivity contribution < 1.29 is 31.5 Å². The molecule has 1 aromatic heterocycles. The molecule has 0 aromatic carbocycles. The van der Waals surface area contributed by atoms with Crippen molar-refractivity contribution in [3.05, 3.63) is 21.0 Å². The summed E-state index contributed by atoms with van der Waals surface area (Å²) in [6.45, 7) is 0. The van der Waals surface area contributed by atoms with Crippen LogP contribution in [-0.2, 0) is 0 Å². The van der Waals surface area contributed by atoms with Crippen LogP contribution in [0.25, 0.3) is 0 Å². The maximum atomic E-state index is 12.4. The van der Waals surface area contributed by atoms with E-state index in [0.717, 1.165) is 0 Å². The van der Waals surface area contributed by atoms with Gasteiger partial charge in [-0.1, -0.05) is 0 Å². The van der Waals surface area contributed by atoms with Crippen LogP contribution in [0.5, 0.6) is 5.75 Å². The fraction of sp³-hybridized carbons (Fsp3) is 0.250. The molecule has 0 radical (unpaired) electrons. The number of halogens is 6. The number of alkyl halides is 5. The highest BCUT2D eigenvalue weighted by atomic mass is 127. The number of carbonyl (C=O) groups excluding carboxylic acids is 1. The molecule has 0 saturated heterocycles. The minimum absolute atomic E-state index is 0.123. The number of hydrogen-bond donors (Lipinski definition) is 0. The Labute approximate surface area is 105 Å². The fourth-order valence-electron chi connectivity index (χ4n) is 0.946. The Morgan fingerprint density at radius 2 is 2.00 bits per heavy atom. The number of carbonyl (C=O) groups is 1. The number of ether oxygens (including phenoxy) is 1. The van der Waals surface area contributed by atoms with Crippen molar-refractivity contribution in [2.75, 3.05) is 0 Å². The highest BCUT2D eigenvalue weighted by Crippen LogP contribution is 2.33. The lowest BCUT2D eigenvalue weighted by Gasteiger charge is -2.13. The molecule has 0 atom stereocenters. The number of pyridine rings is 1. The van der Waals surface area contributed by atoms with Gasteiger partial charge in [-0.25, -0.2) is 13.8 Å². The van der Waals surface area contributed by atoms with E-state index < -0.39 is 24.2 Å². The van der Waals surface area contributed by atoms with E-state index in [4.69, 9.17) is 0 Å². The van der Waals surface area contributed by atoms with Gasteiger partial charge >= 0.3 is 6.36 Å². The molecule has 0 unspecified atom stereocenters. The van der Waals surface area contributed by atoms with Gasteiger partial charge in [0.05, 0.1) is 0 Å². The highest BCUT2D eigenvalue weighted by Gasteiger charge is 2.34. The van der Waals surface area contributed by atoms with E-state index in [9.17, 15) is 26.7 Å². The summed E-state index contributed by atoms with van der Waals surface area (Å²) >= 11 is 1.46. The lowest BCUT2D eigenvalue weighted by atomic mass is 10.2. The maximum Gasteiger partial charge on any atom is 0.573 e. The summed E-state index contributed by atoms with van der Waals surface area (Å²) < 4.78 is 63.9. The standard InChI is InChI=1S/C8H3F5INO2/c9-6(10)5-4(17-8(11,12)13)1-3(2-16)7(14)15-5/h1-2,6H. The summed E-state index contributed by atoms with van der Waals surface area (Å²) in [7, 11) is 0. The van der Waals surface area contributed by atoms with Gasteiger partial charge in [-0.15, -0.1) is 13.2 Å². The molecule has 3 nitrogen and oxygen atoms in total. The molecule has 0 aliphatic carbocycles. The number of aldehydes is 1. The van der Waals surface area contributed by atoms with Gasteiger partial charge < -0.3 is 4.74 Å². The second-order valence-corrected chi connectivity index (χ2v) is 3.74. The minimum atomic E-state index is -5.13. The van der Waals surface area contributed by atoms with Crippen LogP contribution in [0.15, 0.2) is 6.07 Å². The van der Waals surface area contributed by atoms with Crippen molar-refractivity contribution in [1.29, 1.82) is 0 Å². The summed E-state index contributed by atoms with van der Waals surface area (Å²) in [6, 6.07) is 0.580. The Bertz CT molecular complexity index is 435. The zero-order valence-electron chi connectivity index (χ0n) is 7.76. The first-order chi connectivity index (χ1) is 7.74. The molecule has 0 aliphatic rings. The lowest BCUT2D eigenvalue weighted by molar-refractivity contribution is -0.275. The minimum Gasteiger partial charge on any atom is -0.404 e. The van der Waals surface area contributed by atoms with Crippen LogP contribution in [0.3, 0.4) is 0 Å². The molecule has 17 heavy (non-hydrogen) atoms. The van der Waals surface area contributed by atoms with Crippen molar-refractivity contribution in [3.63, 3.8) is 0 Å². The van der Waals surface area contributed by atoms with Crippen LogP contribution in [0.2, 0.25) is 0 Å². The molecular formula is C8H3F5INO2. The van der Waals surface area contributed by atoms with E-state index >= 15 is 0 Å². The van der Waals surface area contributed by atoms with Crippen molar-refractivity contribution in [3.8, 4) is 5.75 Å². The number of aromatic nitrogens is 1. The SMILES string of the molecule is O=Cc1cc(OC(F)(F)F)c(C(F)F)nc1I. The predicted molar refractivity (Wildman–Crippen MR) is 54.0 cm³/mol. The van der Waals surface area contributed by atoms with Crippen molar-refractivity contribution >= 4 is 28.9 Å². The summed E-state index contributed by atoms with van der Waals surface area (Å²) in [5.74, 6) is -1.17. The van der Waals surface area contributed by atoms with Gasteiger partial charge in [-0.3, -0.25) is 4.79 Å². The van der Waals surface area contributed by atoms with Crippen LogP contribution in [-0.4, -0.2) is 17.6 Å². The van der Waals surface area contributed by atoms with Crippen LogP contribution >= 0.6 is 22.6 Å². The van der Waals surface area contributed by atoms with Gasteiger partial charge in [0.1, 0.15) is 9.39 Å². The average molecular weight is 367 g/mol. The zero-order chi connectivity index (χ0) is 13.2. The van der Waals surface area contributed by atoms with E-state index in [1.165, 1.54) is 22.6 Å². The maximum absolute atomic E-state index is 12.4. The Morgan fingerprint density at radius 3 is 2.41 bits per heavy atom. The predicted octanol–water partition coefficient (Wildman–Crippen LogP) is 3.33. The lowest BCUT2D eigenvalue weighted by Crippen LogP contribution is -2.19. The molecule has 0 N–H and O–H groups in total. The van der Waals surface area contributed by atoms with Crippen LogP contribution in [0.4, 0.5) is 22.0 Å². The summed E-state index contributed by atoms with van der Waals surface area (Å²) in [6.07, 6.45) is -8.16. The van der Waals surface area contributed by atoms with Gasteiger partial charge in [0.15, 0.2) is 12.0 Å². The van der Waals surface area contributed by atoms with E-state index in [-0.39, 0.29) is 15.6 Å². The first kappa shape index (κ1) is 14.1. The number of nitrogens with zero attached hydrogens (tertiary/aromatic N) is 1. The molecule has 1 aromatic rings. The van der Waals surface area contributed by atoms with E-state index in [1.54, 1.807) is 0 Å². The normalized spacial score (nSPS) is 11.7. The molecule has 0 amide bonds. The average Bonchev–Trinajstić information content (AvgIpc) is 2.17. The molecule has 0 fully saturated rings. The fourth-order valence-corrected chi connectivity index (χ4v) is 1.49. The molecule has 0 spiro atoms. The molecule has 1 heterocycles. The first-order valence-corrected chi connectivity index (χ1v) is 5.02. The van der Waals surface area contributed by atoms with Crippen LogP contribution < -0.4 is 4.74 Å². The molecular weight excluding hydrogens is 364 g/mol. The van der Waals surface area contributed by atoms with Gasteiger partial charge in [0.25, 0.3) is 6.43 Å². The Hall–Kier alpha value is -1.00. The van der Waals surface area contributed by atoms with E-state index in [1.807, 2.05) is 0 Å².